The zero-order valence-electron chi connectivity index (χ0n) is 10.7. The van der Waals surface area contributed by atoms with E-state index in [9.17, 15) is 4.79 Å². The maximum absolute atomic E-state index is 11.9. The first-order chi connectivity index (χ1) is 8.61. The van der Waals surface area contributed by atoms with Gasteiger partial charge in [0.1, 0.15) is 11.9 Å². The Morgan fingerprint density at radius 1 is 1.39 bits per heavy atom. The summed E-state index contributed by atoms with van der Waals surface area (Å²) in [4.78, 5) is 19.9. The van der Waals surface area contributed by atoms with Gasteiger partial charge in [-0.15, -0.1) is 0 Å². The van der Waals surface area contributed by atoms with Crippen molar-refractivity contribution in [3.05, 3.63) is 23.4 Å². The average molecular weight is 244 g/mol. The number of carbonyl (C=O) groups excluding carboxylic acids is 1. The molecule has 1 aliphatic heterocycles. The lowest BCUT2D eigenvalue weighted by Gasteiger charge is -2.22. The minimum atomic E-state index is 0.0692. The Kier molecular flexibility index (Phi) is 3.47. The highest BCUT2D eigenvalue weighted by Gasteiger charge is 2.21. The van der Waals surface area contributed by atoms with Crippen LogP contribution in [-0.4, -0.2) is 42.5 Å². The van der Waals surface area contributed by atoms with E-state index >= 15 is 0 Å². The number of nitriles is 1. The molecule has 2 heterocycles. The Hall–Kier alpha value is -2.09. The van der Waals surface area contributed by atoms with Crippen LogP contribution in [0.4, 0.5) is 5.82 Å². The van der Waals surface area contributed by atoms with E-state index < -0.39 is 0 Å². The van der Waals surface area contributed by atoms with Gasteiger partial charge in [0, 0.05) is 25.8 Å². The monoisotopic (exact) mass is 244 g/mol. The molecule has 1 fully saturated rings. The van der Waals surface area contributed by atoms with E-state index in [0.717, 1.165) is 25.2 Å². The van der Waals surface area contributed by atoms with Gasteiger partial charge in [0.2, 0.25) is 5.91 Å². The van der Waals surface area contributed by atoms with E-state index in [-0.39, 0.29) is 5.91 Å². The van der Waals surface area contributed by atoms with E-state index in [1.54, 1.807) is 18.0 Å². The van der Waals surface area contributed by atoms with Crippen molar-refractivity contribution in [3.63, 3.8) is 0 Å². The zero-order chi connectivity index (χ0) is 13.1. The second-order valence-corrected chi connectivity index (χ2v) is 4.53. The van der Waals surface area contributed by atoms with Gasteiger partial charge in [-0.05, 0) is 25.5 Å². The van der Waals surface area contributed by atoms with Gasteiger partial charge >= 0.3 is 0 Å². The smallest absolute Gasteiger partial charge is 0.241 e. The molecule has 1 aromatic rings. The van der Waals surface area contributed by atoms with Crippen molar-refractivity contribution in [2.45, 2.75) is 13.3 Å². The molecule has 1 aromatic heterocycles. The molecule has 0 saturated carbocycles. The number of aromatic nitrogens is 1. The second kappa shape index (κ2) is 5.05. The molecule has 0 N–H and O–H groups in total. The minimum Gasteiger partial charge on any atom is -0.346 e. The lowest BCUT2D eigenvalue weighted by molar-refractivity contribution is -0.127. The summed E-state index contributed by atoms with van der Waals surface area (Å²) < 4.78 is 0. The third kappa shape index (κ3) is 2.43. The maximum Gasteiger partial charge on any atom is 0.241 e. The Morgan fingerprint density at radius 2 is 2.17 bits per heavy atom. The normalized spacial score (nSPS) is 16.4. The van der Waals surface area contributed by atoms with Gasteiger partial charge in [0.25, 0.3) is 0 Å². The predicted molar refractivity (Wildman–Crippen MR) is 68.2 cm³/mol. The highest BCUT2D eigenvalue weighted by Crippen LogP contribution is 2.19. The van der Waals surface area contributed by atoms with Crippen LogP contribution in [0.1, 0.15) is 17.7 Å². The van der Waals surface area contributed by atoms with Crippen molar-refractivity contribution >= 4 is 11.7 Å². The third-order valence-electron chi connectivity index (χ3n) is 3.11. The number of anilines is 1. The number of amides is 1. The standard InChI is InChI=1S/C13H16N4O/c1-10-4-5-11(8-14)13(15-10)17-7-3-6-16(2)12(18)9-17/h4-5H,3,6-7,9H2,1-2H3. The SMILES string of the molecule is Cc1ccc(C#N)c(N2CCCN(C)C(=O)C2)n1. The minimum absolute atomic E-state index is 0.0692. The van der Waals surface area contributed by atoms with Crippen molar-refractivity contribution in [1.29, 1.82) is 5.26 Å². The van der Waals surface area contributed by atoms with Crippen LogP contribution in [0.2, 0.25) is 0 Å². The van der Waals surface area contributed by atoms with Gasteiger partial charge < -0.3 is 9.80 Å². The molecule has 0 aliphatic carbocycles. The van der Waals surface area contributed by atoms with E-state index in [1.165, 1.54) is 0 Å². The highest BCUT2D eigenvalue weighted by molar-refractivity contribution is 5.81. The lowest BCUT2D eigenvalue weighted by Crippen LogP contribution is -2.35. The van der Waals surface area contributed by atoms with E-state index in [4.69, 9.17) is 5.26 Å². The number of aryl methyl sites for hydroxylation is 1. The summed E-state index contributed by atoms with van der Waals surface area (Å²) in [5.74, 6) is 0.695. The number of carbonyl (C=O) groups is 1. The van der Waals surface area contributed by atoms with Crippen LogP contribution in [0, 0.1) is 18.3 Å². The van der Waals surface area contributed by atoms with Crippen LogP contribution < -0.4 is 4.90 Å². The van der Waals surface area contributed by atoms with Gasteiger partial charge in [-0.3, -0.25) is 4.79 Å². The summed E-state index contributed by atoms with van der Waals surface area (Å²) in [5.41, 5.74) is 1.38. The van der Waals surface area contributed by atoms with Gasteiger partial charge in [0.05, 0.1) is 12.1 Å². The molecule has 1 amide bonds. The largest absolute Gasteiger partial charge is 0.346 e. The molecule has 2 rings (SSSR count). The predicted octanol–water partition coefficient (Wildman–Crippen LogP) is 0.930. The van der Waals surface area contributed by atoms with Gasteiger partial charge in [-0.25, -0.2) is 4.98 Å². The molecule has 0 unspecified atom stereocenters. The molecule has 5 nitrogen and oxygen atoms in total. The van der Waals surface area contributed by atoms with Gasteiger partial charge in [-0.1, -0.05) is 0 Å². The fraction of sp³-hybridized carbons (Fsp3) is 0.462. The molecular weight excluding hydrogens is 228 g/mol. The third-order valence-corrected chi connectivity index (χ3v) is 3.11. The quantitative estimate of drug-likeness (QED) is 0.737. The number of hydrogen-bond acceptors (Lipinski definition) is 4. The van der Waals surface area contributed by atoms with Crippen LogP contribution in [-0.2, 0) is 4.79 Å². The number of nitrogens with zero attached hydrogens (tertiary/aromatic N) is 4. The van der Waals surface area contributed by atoms with E-state index in [2.05, 4.69) is 11.1 Å². The number of hydrogen-bond donors (Lipinski definition) is 0. The van der Waals surface area contributed by atoms with Crippen molar-refractivity contribution in [3.8, 4) is 6.07 Å². The van der Waals surface area contributed by atoms with Crippen LogP contribution in [0.5, 0.6) is 0 Å². The summed E-state index contributed by atoms with van der Waals surface area (Å²) in [6.07, 6.45) is 0.892. The summed E-state index contributed by atoms with van der Waals surface area (Å²) in [6, 6.07) is 5.71. The Bertz CT molecular complexity index is 506. The molecule has 18 heavy (non-hydrogen) atoms. The van der Waals surface area contributed by atoms with Gasteiger partial charge in [-0.2, -0.15) is 5.26 Å². The molecule has 0 atom stereocenters. The van der Waals surface area contributed by atoms with Crippen molar-refractivity contribution in [2.24, 2.45) is 0 Å². The van der Waals surface area contributed by atoms with Crippen LogP contribution in [0.3, 0.4) is 0 Å². The first kappa shape index (κ1) is 12.4. The first-order valence-corrected chi connectivity index (χ1v) is 5.98. The first-order valence-electron chi connectivity index (χ1n) is 5.98. The number of pyridine rings is 1. The van der Waals surface area contributed by atoms with Crippen LogP contribution >= 0.6 is 0 Å². The zero-order valence-corrected chi connectivity index (χ0v) is 10.7. The van der Waals surface area contributed by atoms with Crippen molar-refractivity contribution in [2.75, 3.05) is 31.6 Å². The summed E-state index contributed by atoms with van der Waals surface area (Å²) in [7, 11) is 1.81. The molecule has 0 spiro atoms. The topological polar surface area (TPSA) is 60.2 Å². The molecular formula is C13H16N4O. The lowest BCUT2D eigenvalue weighted by atomic mass is 10.2. The Balaban J connectivity index is 2.33. The van der Waals surface area contributed by atoms with E-state index in [1.807, 2.05) is 17.9 Å². The van der Waals surface area contributed by atoms with Gasteiger partial charge in [0.15, 0.2) is 0 Å². The molecule has 0 aromatic carbocycles. The van der Waals surface area contributed by atoms with Crippen molar-refractivity contribution < 1.29 is 4.79 Å². The summed E-state index contributed by atoms with van der Waals surface area (Å²) >= 11 is 0. The van der Waals surface area contributed by atoms with Crippen LogP contribution in [0.15, 0.2) is 12.1 Å². The van der Waals surface area contributed by atoms with E-state index in [0.29, 0.717) is 17.9 Å². The molecule has 0 bridgehead atoms. The number of rotatable bonds is 1. The maximum atomic E-state index is 11.9. The average Bonchev–Trinajstić information content (AvgIpc) is 2.52. The molecule has 1 aliphatic rings. The fourth-order valence-corrected chi connectivity index (χ4v) is 2.04. The number of likely N-dealkylation sites (N-methyl/N-ethyl adjacent to an activating group) is 1. The molecule has 5 heteroatoms. The molecule has 94 valence electrons. The Labute approximate surface area is 107 Å². The summed E-state index contributed by atoms with van der Waals surface area (Å²) in [6.45, 7) is 3.68. The summed E-state index contributed by atoms with van der Waals surface area (Å²) in [5, 5.41) is 9.12. The van der Waals surface area contributed by atoms with Crippen molar-refractivity contribution in [1.82, 2.24) is 9.88 Å². The Morgan fingerprint density at radius 3 is 2.89 bits per heavy atom. The van der Waals surface area contributed by atoms with Crippen LogP contribution in [0.25, 0.3) is 0 Å². The fourth-order valence-electron chi connectivity index (χ4n) is 2.04. The highest BCUT2D eigenvalue weighted by atomic mass is 16.2. The molecule has 0 radical (unpaired) electrons. The molecule has 1 saturated heterocycles. The second-order valence-electron chi connectivity index (χ2n) is 4.53.